The molecular formula is C7H10O2. The van der Waals surface area contributed by atoms with Gasteiger partial charge in [-0.05, 0) is 12.3 Å². The lowest BCUT2D eigenvalue weighted by molar-refractivity contribution is -0.120. The first-order chi connectivity index (χ1) is 4.29. The first-order valence-corrected chi connectivity index (χ1v) is 3.47. The van der Waals surface area contributed by atoms with E-state index in [1.807, 2.05) is 0 Å². The number of ketones is 1. The van der Waals surface area contributed by atoms with Gasteiger partial charge < -0.3 is 4.74 Å². The van der Waals surface area contributed by atoms with Crippen LogP contribution in [0.15, 0.2) is 0 Å². The molecule has 0 spiro atoms. The topological polar surface area (TPSA) is 29.6 Å². The molecule has 2 rings (SSSR count). The molecule has 1 saturated heterocycles. The third-order valence-corrected chi connectivity index (χ3v) is 2.25. The van der Waals surface area contributed by atoms with Gasteiger partial charge in [0, 0.05) is 6.42 Å². The molecule has 0 aromatic heterocycles. The van der Waals surface area contributed by atoms with Crippen molar-refractivity contribution in [3.05, 3.63) is 0 Å². The Labute approximate surface area is 54.2 Å². The first kappa shape index (κ1) is 5.42. The second kappa shape index (κ2) is 1.57. The van der Waals surface area contributed by atoms with Crippen molar-refractivity contribution in [1.29, 1.82) is 0 Å². The Balaban J connectivity index is 2.08. The Morgan fingerprint density at radius 3 is 3.11 bits per heavy atom. The van der Waals surface area contributed by atoms with Crippen LogP contribution in [-0.2, 0) is 9.53 Å². The summed E-state index contributed by atoms with van der Waals surface area (Å²) < 4.78 is 5.15. The predicted molar refractivity (Wildman–Crippen MR) is 32.1 cm³/mol. The van der Waals surface area contributed by atoms with Crippen molar-refractivity contribution in [2.75, 3.05) is 0 Å². The summed E-state index contributed by atoms with van der Waals surface area (Å²) >= 11 is 0. The maximum atomic E-state index is 10.9. The van der Waals surface area contributed by atoms with Crippen molar-refractivity contribution < 1.29 is 9.53 Å². The fourth-order valence-electron chi connectivity index (χ4n) is 1.49. The minimum Gasteiger partial charge on any atom is -0.361 e. The quantitative estimate of drug-likeness (QED) is 0.448. The van der Waals surface area contributed by atoms with E-state index < -0.39 is 0 Å². The highest BCUT2D eigenvalue weighted by molar-refractivity contribution is 5.86. The second-order valence-electron chi connectivity index (χ2n) is 3.00. The third kappa shape index (κ3) is 0.697. The summed E-state index contributed by atoms with van der Waals surface area (Å²) in [5, 5.41) is 0. The van der Waals surface area contributed by atoms with Crippen LogP contribution in [0.2, 0.25) is 0 Å². The molecule has 0 aromatic carbocycles. The molecule has 0 bridgehead atoms. The van der Waals surface area contributed by atoms with Gasteiger partial charge in [-0.25, -0.2) is 0 Å². The Hall–Kier alpha value is -0.370. The van der Waals surface area contributed by atoms with Gasteiger partial charge in [0.2, 0.25) is 0 Å². The number of carbonyl (C=O) groups is 1. The highest BCUT2D eigenvalue weighted by Gasteiger charge is 2.50. The Bertz CT molecular complexity index is 153. The minimum absolute atomic E-state index is 0.00810. The van der Waals surface area contributed by atoms with E-state index >= 15 is 0 Å². The molecule has 0 amide bonds. The smallest absolute Gasteiger partial charge is 0.164 e. The SMILES string of the molecule is CC1CCC(=O)C2OC12. The molecular weight excluding hydrogens is 116 g/mol. The number of epoxide rings is 1. The molecule has 1 heterocycles. The number of Topliss-reactive ketones (excluding diaryl/α,β-unsaturated/α-hetero) is 1. The average Bonchev–Trinajstić information content (AvgIpc) is 2.57. The largest absolute Gasteiger partial charge is 0.361 e. The molecule has 9 heavy (non-hydrogen) atoms. The van der Waals surface area contributed by atoms with Crippen molar-refractivity contribution in [2.45, 2.75) is 32.0 Å². The van der Waals surface area contributed by atoms with Gasteiger partial charge in [0.15, 0.2) is 5.78 Å². The summed E-state index contributed by atoms with van der Waals surface area (Å²) in [6.07, 6.45) is 2.07. The monoisotopic (exact) mass is 126 g/mol. The van der Waals surface area contributed by atoms with Crippen LogP contribution in [0.4, 0.5) is 0 Å². The van der Waals surface area contributed by atoms with E-state index in [2.05, 4.69) is 6.92 Å². The maximum absolute atomic E-state index is 10.9. The standard InChI is InChI=1S/C7H10O2/c1-4-2-3-5(8)7-6(4)9-7/h4,6-7H,2-3H2,1H3. The third-order valence-electron chi connectivity index (χ3n) is 2.25. The van der Waals surface area contributed by atoms with Crippen LogP contribution in [0.3, 0.4) is 0 Å². The van der Waals surface area contributed by atoms with Crippen LogP contribution in [0.25, 0.3) is 0 Å². The maximum Gasteiger partial charge on any atom is 0.164 e. The average molecular weight is 126 g/mol. The number of hydrogen-bond donors (Lipinski definition) is 0. The van der Waals surface area contributed by atoms with Gasteiger partial charge in [-0.1, -0.05) is 6.92 Å². The van der Waals surface area contributed by atoms with Gasteiger partial charge in [-0.15, -0.1) is 0 Å². The molecule has 1 saturated carbocycles. The summed E-state index contributed by atoms with van der Waals surface area (Å²) in [4.78, 5) is 10.9. The molecule has 3 atom stereocenters. The summed E-state index contributed by atoms with van der Waals surface area (Å²) in [6, 6.07) is 0. The lowest BCUT2D eigenvalue weighted by Gasteiger charge is -2.10. The van der Waals surface area contributed by atoms with Crippen LogP contribution >= 0.6 is 0 Å². The zero-order chi connectivity index (χ0) is 6.43. The highest BCUT2D eigenvalue weighted by atomic mass is 16.6. The van der Waals surface area contributed by atoms with Crippen LogP contribution in [0.5, 0.6) is 0 Å². The van der Waals surface area contributed by atoms with Crippen molar-refractivity contribution in [3.63, 3.8) is 0 Å². The van der Waals surface area contributed by atoms with Gasteiger partial charge in [-0.2, -0.15) is 0 Å². The summed E-state index contributed by atoms with van der Waals surface area (Å²) in [5.74, 6) is 0.936. The normalized spacial score (nSPS) is 48.6. The van der Waals surface area contributed by atoms with E-state index in [9.17, 15) is 4.79 Å². The molecule has 0 radical (unpaired) electrons. The van der Waals surface area contributed by atoms with Crippen LogP contribution in [0, 0.1) is 5.92 Å². The van der Waals surface area contributed by atoms with E-state index in [1.54, 1.807) is 0 Å². The molecule has 3 unspecified atom stereocenters. The molecule has 2 nitrogen and oxygen atoms in total. The van der Waals surface area contributed by atoms with E-state index in [1.165, 1.54) is 0 Å². The molecule has 0 N–H and O–H groups in total. The molecule has 1 aliphatic carbocycles. The zero-order valence-corrected chi connectivity index (χ0v) is 5.46. The fourth-order valence-corrected chi connectivity index (χ4v) is 1.49. The molecule has 2 fully saturated rings. The van der Waals surface area contributed by atoms with Gasteiger partial charge in [-0.3, -0.25) is 4.79 Å². The lowest BCUT2D eigenvalue weighted by atomic mass is 9.90. The summed E-state index contributed by atoms with van der Waals surface area (Å²) in [5.41, 5.74) is 0. The van der Waals surface area contributed by atoms with E-state index in [0.717, 1.165) is 12.8 Å². The number of fused-ring (bicyclic) bond motifs is 1. The Morgan fingerprint density at radius 1 is 1.67 bits per heavy atom. The van der Waals surface area contributed by atoms with Crippen molar-refractivity contribution >= 4 is 5.78 Å². The van der Waals surface area contributed by atoms with E-state index in [-0.39, 0.29) is 6.10 Å². The van der Waals surface area contributed by atoms with Gasteiger partial charge in [0.05, 0.1) is 6.10 Å². The molecule has 2 heteroatoms. The highest BCUT2D eigenvalue weighted by Crippen LogP contribution is 2.37. The van der Waals surface area contributed by atoms with Crippen molar-refractivity contribution in [2.24, 2.45) is 5.92 Å². The van der Waals surface area contributed by atoms with Crippen LogP contribution < -0.4 is 0 Å². The van der Waals surface area contributed by atoms with E-state index in [4.69, 9.17) is 4.74 Å². The molecule has 50 valence electrons. The summed E-state index contributed by atoms with van der Waals surface area (Å²) in [7, 11) is 0. The van der Waals surface area contributed by atoms with Crippen molar-refractivity contribution in [3.8, 4) is 0 Å². The van der Waals surface area contributed by atoms with Gasteiger partial charge >= 0.3 is 0 Å². The predicted octanol–water partition coefficient (Wildman–Crippen LogP) is 0.753. The van der Waals surface area contributed by atoms with Crippen molar-refractivity contribution in [1.82, 2.24) is 0 Å². The van der Waals surface area contributed by atoms with Crippen LogP contribution in [-0.4, -0.2) is 18.0 Å². The van der Waals surface area contributed by atoms with Gasteiger partial charge in [0.25, 0.3) is 0 Å². The van der Waals surface area contributed by atoms with Crippen LogP contribution in [0.1, 0.15) is 19.8 Å². The minimum atomic E-state index is 0.00810. The first-order valence-electron chi connectivity index (χ1n) is 3.47. The molecule has 1 aliphatic heterocycles. The number of carbonyl (C=O) groups excluding carboxylic acids is 1. The summed E-state index contributed by atoms with van der Waals surface area (Å²) in [6.45, 7) is 2.15. The Morgan fingerprint density at radius 2 is 2.44 bits per heavy atom. The zero-order valence-electron chi connectivity index (χ0n) is 5.46. The fraction of sp³-hybridized carbons (Fsp3) is 0.857. The van der Waals surface area contributed by atoms with Gasteiger partial charge in [0.1, 0.15) is 6.10 Å². The Kier molecular flexibility index (Phi) is 0.943. The molecule has 2 aliphatic rings. The number of hydrogen-bond acceptors (Lipinski definition) is 2. The molecule has 0 aromatic rings. The number of ether oxygens (including phenoxy) is 1. The second-order valence-corrected chi connectivity index (χ2v) is 3.00. The number of rotatable bonds is 0. The lowest BCUT2D eigenvalue weighted by Crippen LogP contribution is -2.21. The van der Waals surface area contributed by atoms with E-state index in [0.29, 0.717) is 17.8 Å².